The number of hydrogen-bond donors (Lipinski definition) is 1. The summed E-state index contributed by atoms with van der Waals surface area (Å²) < 4.78 is 38.9. The van der Waals surface area contributed by atoms with Crippen LogP contribution in [-0.2, 0) is 23.1 Å². The Hall–Kier alpha value is -2.94. The Kier molecular flexibility index (Phi) is 4.69. The normalized spacial score (nSPS) is 16.8. The van der Waals surface area contributed by atoms with Crippen LogP contribution < -0.4 is 15.2 Å². The number of pyridine rings is 1. The van der Waals surface area contributed by atoms with Gasteiger partial charge >= 0.3 is 0 Å². The largest absolute Gasteiger partial charge is 0.486 e. The molecule has 1 aromatic heterocycles. The van der Waals surface area contributed by atoms with E-state index in [1.807, 2.05) is 36.4 Å². The van der Waals surface area contributed by atoms with Gasteiger partial charge in [-0.3, -0.25) is 4.98 Å². The SMILES string of the molecule is NC(c1ccccc1)c1cc2c(cn1)CN(S(=O)(=O)c1ccc3c(c1)OCCO3)C2. The van der Waals surface area contributed by atoms with E-state index in [1.165, 1.54) is 10.4 Å². The summed E-state index contributed by atoms with van der Waals surface area (Å²) in [5.74, 6) is 1.02. The summed E-state index contributed by atoms with van der Waals surface area (Å²) in [4.78, 5) is 4.68. The van der Waals surface area contributed by atoms with Gasteiger partial charge in [0.2, 0.25) is 10.0 Å². The molecular weight excluding hydrogens is 402 g/mol. The van der Waals surface area contributed by atoms with Crippen LogP contribution in [0.25, 0.3) is 0 Å². The molecule has 0 spiro atoms. The van der Waals surface area contributed by atoms with Crippen molar-refractivity contribution in [1.29, 1.82) is 0 Å². The van der Waals surface area contributed by atoms with Crippen LogP contribution in [0.15, 0.2) is 65.7 Å². The van der Waals surface area contributed by atoms with Crippen molar-refractivity contribution in [3.05, 3.63) is 83.2 Å². The van der Waals surface area contributed by atoms with Crippen LogP contribution >= 0.6 is 0 Å². The number of nitrogens with zero attached hydrogens (tertiary/aromatic N) is 2. The molecule has 2 aliphatic heterocycles. The minimum Gasteiger partial charge on any atom is -0.486 e. The molecule has 2 aromatic carbocycles. The fraction of sp³-hybridized carbons (Fsp3) is 0.227. The quantitative estimate of drug-likeness (QED) is 0.693. The Balaban J connectivity index is 1.40. The van der Waals surface area contributed by atoms with Crippen LogP contribution in [-0.4, -0.2) is 30.9 Å². The zero-order valence-electron chi connectivity index (χ0n) is 16.2. The van der Waals surface area contributed by atoms with E-state index in [-0.39, 0.29) is 24.0 Å². The highest BCUT2D eigenvalue weighted by atomic mass is 32.2. The number of fused-ring (bicyclic) bond motifs is 2. The third-order valence-corrected chi connectivity index (χ3v) is 7.21. The monoisotopic (exact) mass is 423 g/mol. The van der Waals surface area contributed by atoms with E-state index in [9.17, 15) is 8.42 Å². The predicted molar refractivity (Wildman–Crippen MR) is 111 cm³/mol. The van der Waals surface area contributed by atoms with Crippen LogP contribution in [0.4, 0.5) is 0 Å². The first-order chi connectivity index (χ1) is 14.5. The molecule has 0 saturated carbocycles. The van der Waals surface area contributed by atoms with Crippen molar-refractivity contribution >= 4 is 10.0 Å². The molecule has 1 atom stereocenters. The lowest BCUT2D eigenvalue weighted by molar-refractivity contribution is 0.171. The van der Waals surface area contributed by atoms with Gasteiger partial charge in [0.1, 0.15) is 13.2 Å². The molecule has 0 fully saturated rings. The lowest BCUT2D eigenvalue weighted by Gasteiger charge is -2.20. The number of aromatic nitrogens is 1. The van der Waals surface area contributed by atoms with Gasteiger partial charge in [0.15, 0.2) is 11.5 Å². The summed E-state index contributed by atoms with van der Waals surface area (Å²) in [7, 11) is -3.69. The second-order valence-corrected chi connectivity index (χ2v) is 9.28. The van der Waals surface area contributed by atoms with Gasteiger partial charge in [-0.2, -0.15) is 4.31 Å². The first kappa shape index (κ1) is 19.0. The van der Waals surface area contributed by atoms with Crippen LogP contribution in [0.5, 0.6) is 11.5 Å². The molecule has 0 aliphatic carbocycles. The van der Waals surface area contributed by atoms with E-state index in [0.717, 1.165) is 22.4 Å². The molecule has 3 aromatic rings. The molecule has 1 unspecified atom stereocenters. The number of ether oxygens (including phenoxy) is 2. The summed E-state index contributed by atoms with van der Waals surface area (Å²) in [5, 5.41) is 0. The van der Waals surface area contributed by atoms with Crippen LogP contribution in [0.2, 0.25) is 0 Å². The van der Waals surface area contributed by atoms with Crippen molar-refractivity contribution < 1.29 is 17.9 Å². The highest BCUT2D eigenvalue weighted by Crippen LogP contribution is 2.35. The maximum Gasteiger partial charge on any atom is 0.243 e. The smallest absolute Gasteiger partial charge is 0.243 e. The zero-order valence-corrected chi connectivity index (χ0v) is 17.0. The third kappa shape index (κ3) is 3.32. The molecule has 30 heavy (non-hydrogen) atoms. The number of rotatable bonds is 4. The van der Waals surface area contributed by atoms with E-state index in [1.54, 1.807) is 18.3 Å². The molecule has 0 saturated heterocycles. The summed E-state index contributed by atoms with van der Waals surface area (Å²) in [6, 6.07) is 16.0. The fourth-order valence-electron chi connectivity index (χ4n) is 3.77. The minimum absolute atomic E-state index is 0.189. The Morgan fingerprint density at radius 2 is 1.67 bits per heavy atom. The first-order valence-corrected chi connectivity index (χ1v) is 11.1. The molecule has 7 nitrogen and oxygen atoms in total. The highest BCUT2D eigenvalue weighted by molar-refractivity contribution is 7.89. The Bertz CT molecular complexity index is 1200. The van der Waals surface area contributed by atoms with Gasteiger partial charge in [-0.15, -0.1) is 0 Å². The molecule has 5 rings (SSSR count). The van der Waals surface area contributed by atoms with Gasteiger partial charge < -0.3 is 15.2 Å². The van der Waals surface area contributed by atoms with Gasteiger partial charge in [0.05, 0.1) is 16.6 Å². The highest BCUT2D eigenvalue weighted by Gasteiger charge is 2.32. The van der Waals surface area contributed by atoms with Crippen molar-refractivity contribution in [3.8, 4) is 11.5 Å². The summed E-state index contributed by atoms with van der Waals surface area (Å²) in [5.41, 5.74) is 9.86. The Morgan fingerprint density at radius 1 is 0.933 bits per heavy atom. The molecule has 154 valence electrons. The second-order valence-electron chi connectivity index (χ2n) is 7.34. The van der Waals surface area contributed by atoms with Gasteiger partial charge in [-0.1, -0.05) is 30.3 Å². The van der Waals surface area contributed by atoms with Crippen LogP contribution in [0.1, 0.15) is 28.4 Å². The van der Waals surface area contributed by atoms with Crippen molar-refractivity contribution in [2.75, 3.05) is 13.2 Å². The number of nitrogens with two attached hydrogens (primary N) is 1. The van der Waals surface area contributed by atoms with Crippen molar-refractivity contribution in [2.45, 2.75) is 24.0 Å². The van der Waals surface area contributed by atoms with E-state index < -0.39 is 10.0 Å². The average molecular weight is 423 g/mol. The van der Waals surface area contributed by atoms with E-state index in [2.05, 4.69) is 4.98 Å². The Labute approximate surface area is 175 Å². The van der Waals surface area contributed by atoms with Crippen LogP contribution in [0.3, 0.4) is 0 Å². The maximum atomic E-state index is 13.2. The molecule has 2 N–H and O–H groups in total. The summed E-state index contributed by atoms with van der Waals surface area (Å²) in [6.07, 6.45) is 1.73. The lowest BCUT2D eigenvalue weighted by Crippen LogP contribution is -2.26. The lowest BCUT2D eigenvalue weighted by atomic mass is 10.0. The van der Waals surface area contributed by atoms with Crippen molar-refractivity contribution in [2.24, 2.45) is 5.73 Å². The predicted octanol–water partition coefficient (Wildman–Crippen LogP) is 2.61. The molecule has 0 radical (unpaired) electrons. The summed E-state index contributed by atoms with van der Waals surface area (Å²) >= 11 is 0. The molecule has 3 heterocycles. The van der Waals surface area contributed by atoms with Gasteiger partial charge in [0.25, 0.3) is 0 Å². The fourth-order valence-corrected chi connectivity index (χ4v) is 5.19. The van der Waals surface area contributed by atoms with E-state index >= 15 is 0 Å². The van der Waals surface area contributed by atoms with E-state index in [0.29, 0.717) is 24.7 Å². The van der Waals surface area contributed by atoms with Crippen LogP contribution in [0, 0.1) is 0 Å². The number of benzene rings is 2. The average Bonchev–Trinajstić information content (AvgIpc) is 3.23. The number of hydrogen-bond acceptors (Lipinski definition) is 6. The van der Waals surface area contributed by atoms with Gasteiger partial charge in [-0.05, 0) is 34.9 Å². The third-order valence-electron chi connectivity index (χ3n) is 5.43. The minimum atomic E-state index is -3.69. The standard InChI is InChI=1S/C22H21N3O4S/c23-22(15-4-2-1-3-5-15)19-10-16-13-25(14-17(16)12-24-19)30(26,27)18-6-7-20-21(11-18)29-9-8-28-20/h1-7,10-12,22H,8-9,13-14,23H2. The first-order valence-electron chi connectivity index (χ1n) is 9.70. The second kappa shape index (κ2) is 7.39. The molecule has 8 heteroatoms. The molecule has 2 aliphatic rings. The summed E-state index contributed by atoms with van der Waals surface area (Å²) in [6.45, 7) is 1.42. The number of sulfonamides is 1. The van der Waals surface area contributed by atoms with Crippen molar-refractivity contribution in [1.82, 2.24) is 9.29 Å². The Morgan fingerprint density at radius 3 is 2.47 bits per heavy atom. The van der Waals surface area contributed by atoms with Gasteiger partial charge in [-0.25, -0.2) is 8.42 Å². The molecular formula is C22H21N3O4S. The van der Waals surface area contributed by atoms with E-state index in [4.69, 9.17) is 15.2 Å². The molecule has 0 amide bonds. The van der Waals surface area contributed by atoms with Gasteiger partial charge in [0, 0.05) is 25.4 Å². The maximum absolute atomic E-state index is 13.2. The zero-order chi connectivity index (χ0) is 20.7. The molecule has 0 bridgehead atoms. The van der Waals surface area contributed by atoms with Crippen molar-refractivity contribution in [3.63, 3.8) is 0 Å². The topological polar surface area (TPSA) is 94.8 Å².